The summed E-state index contributed by atoms with van der Waals surface area (Å²) >= 11 is 0. The number of fused-ring (bicyclic) bond motifs is 1. The molecule has 27 heavy (non-hydrogen) atoms. The molecule has 0 radical (unpaired) electrons. The number of hydrogen-bond acceptors (Lipinski definition) is 4. The van der Waals surface area contributed by atoms with Gasteiger partial charge in [-0.1, -0.05) is 12.1 Å². The summed E-state index contributed by atoms with van der Waals surface area (Å²) in [6, 6.07) is 9.60. The molecule has 0 spiro atoms. The zero-order chi connectivity index (χ0) is 18.8. The molecule has 0 bridgehead atoms. The molecular formula is C20H20FN3O3. The molecule has 4 rings (SSSR count). The second-order valence-electron chi connectivity index (χ2n) is 6.53. The maximum Gasteiger partial charge on any atom is 0.251 e. The molecule has 1 fully saturated rings. The first-order valence-corrected chi connectivity index (χ1v) is 8.87. The maximum atomic E-state index is 13.6. The van der Waals surface area contributed by atoms with E-state index in [9.17, 15) is 9.18 Å². The van der Waals surface area contributed by atoms with Crippen LogP contribution in [0.25, 0.3) is 22.2 Å². The number of carbonyl (C=O) groups excluding carboxylic acids is 1. The number of amides is 1. The average Bonchev–Trinajstić information content (AvgIpc) is 3.34. The lowest BCUT2D eigenvalue weighted by molar-refractivity contribution is 0.0857. The highest BCUT2D eigenvalue weighted by atomic mass is 19.1. The minimum Gasteiger partial charge on any atom is -0.494 e. The minimum atomic E-state index is -0.346. The third-order valence-electron chi connectivity index (χ3n) is 4.73. The van der Waals surface area contributed by atoms with Crippen LogP contribution in [0.5, 0.6) is 5.75 Å². The van der Waals surface area contributed by atoms with Gasteiger partial charge in [0.15, 0.2) is 0 Å². The van der Waals surface area contributed by atoms with Gasteiger partial charge < -0.3 is 14.8 Å². The highest BCUT2D eigenvalue weighted by Crippen LogP contribution is 2.33. The number of carbonyl (C=O) groups is 1. The molecule has 1 aromatic heterocycles. The van der Waals surface area contributed by atoms with Crippen LogP contribution in [0.2, 0.25) is 0 Å². The van der Waals surface area contributed by atoms with Gasteiger partial charge in [0.05, 0.1) is 13.2 Å². The van der Waals surface area contributed by atoms with E-state index in [4.69, 9.17) is 9.47 Å². The van der Waals surface area contributed by atoms with Gasteiger partial charge in [0.1, 0.15) is 22.8 Å². The quantitative estimate of drug-likeness (QED) is 0.724. The van der Waals surface area contributed by atoms with Crippen LogP contribution >= 0.6 is 0 Å². The van der Waals surface area contributed by atoms with Crippen molar-refractivity contribution in [1.29, 1.82) is 0 Å². The van der Waals surface area contributed by atoms with Gasteiger partial charge in [0.25, 0.3) is 5.91 Å². The van der Waals surface area contributed by atoms with Gasteiger partial charge in [-0.15, -0.1) is 0 Å². The van der Waals surface area contributed by atoms with Crippen molar-refractivity contribution in [1.82, 2.24) is 15.5 Å². The van der Waals surface area contributed by atoms with Gasteiger partial charge >= 0.3 is 0 Å². The van der Waals surface area contributed by atoms with Crippen LogP contribution in [-0.2, 0) is 4.74 Å². The molecule has 0 unspecified atom stereocenters. The number of ether oxygens (including phenoxy) is 2. The first-order chi connectivity index (χ1) is 13.2. The third kappa shape index (κ3) is 3.50. The number of aromatic nitrogens is 2. The predicted octanol–water partition coefficient (Wildman–Crippen LogP) is 3.29. The van der Waals surface area contributed by atoms with Crippen molar-refractivity contribution < 1.29 is 18.7 Å². The molecule has 7 heteroatoms. The molecule has 0 saturated carbocycles. The molecule has 1 saturated heterocycles. The van der Waals surface area contributed by atoms with Crippen molar-refractivity contribution in [2.75, 3.05) is 20.3 Å². The smallest absolute Gasteiger partial charge is 0.251 e. The van der Waals surface area contributed by atoms with Crippen LogP contribution in [0.3, 0.4) is 0 Å². The molecule has 2 heterocycles. The summed E-state index contributed by atoms with van der Waals surface area (Å²) in [6.07, 6.45) is 2.04. The van der Waals surface area contributed by atoms with Gasteiger partial charge in [-0.25, -0.2) is 4.39 Å². The van der Waals surface area contributed by atoms with Crippen LogP contribution in [-0.4, -0.2) is 42.5 Å². The minimum absolute atomic E-state index is 0.0661. The summed E-state index contributed by atoms with van der Waals surface area (Å²) in [5, 5.41) is 10.8. The fourth-order valence-electron chi connectivity index (χ4n) is 3.35. The first-order valence-electron chi connectivity index (χ1n) is 8.87. The number of H-pyrrole nitrogens is 1. The van der Waals surface area contributed by atoms with Crippen molar-refractivity contribution in [3.05, 3.63) is 47.8 Å². The molecular weight excluding hydrogens is 349 g/mol. The highest BCUT2D eigenvalue weighted by Gasteiger charge is 2.19. The molecule has 1 amide bonds. The van der Waals surface area contributed by atoms with Crippen LogP contribution in [0, 0.1) is 5.82 Å². The first kappa shape index (κ1) is 17.5. The molecule has 140 valence electrons. The van der Waals surface area contributed by atoms with E-state index in [0.717, 1.165) is 19.4 Å². The van der Waals surface area contributed by atoms with E-state index >= 15 is 0 Å². The Balaban J connectivity index is 1.69. The van der Waals surface area contributed by atoms with Crippen molar-refractivity contribution >= 4 is 16.8 Å². The zero-order valence-corrected chi connectivity index (χ0v) is 14.9. The Labute approximate surface area is 155 Å². The van der Waals surface area contributed by atoms with Gasteiger partial charge in [-0.3, -0.25) is 9.89 Å². The number of methoxy groups -OCH3 is 1. The predicted molar refractivity (Wildman–Crippen MR) is 99.3 cm³/mol. The lowest BCUT2D eigenvalue weighted by Crippen LogP contribution is -2.31. The van der Waals surface area contributed by atoms with Crippen LogP contribution in [0.1, 0.15) is 23.2 Å². The molecule has 1 atom stereocenters. The highest BCUT2D eigenvalue weighted by molar-refractivity contribution is 6.03. The van der Waals surface area contributed by atoms with Gasteiger partial charge in [-0.2, -0.15) is 5.10 Å². The van der Waals surface area contributed by atoms with Crippen molar-refractivity contribution in [2.24, 2.45) is 0 Å². The fraction of sp³-hybridized carbons (Fsp3) is 0.300. The van der Waals surface area contributed by atoms with Gasteiger partial charge in [0, 0.05) is 29.7 Å². The number of halogens is 1. The second-order valence-corrected chi connectivity index (χ2v) is 6.53. The maximum absolute atomic E-state index is 13.6. The number of rotatable bonds is 5. The summed E-state index contributed by atoms with van der Waals surface area (Å²) in [5.41, 5.74) is 2.31. The summed E-state index contributed by atoms with van der Waals surface area (Å²) in [4.78, 5) is 12.6. The van der Waals surface area contributed by atoms with Crippen molar-refractivity contribution in [3.8, 4) is 17.0 Å². The Hall–Kier alpha value is -2.93. The molecule has 6 nitrogen and oxygen atoms in total. The summed E-state index contributed by atoms with van der Waals surface area (Å²) < 4.78 is 24.6. The lowest BCUT2D eigenvalue weighted by Gasteiger charge is -2.12. The van der Waals surface area contributed by atoms with E-state index in [0.29, 0.717) is 40.0 Å². The van der Waals surface area contributed by atoms with Gasteiger partial charge in [-0.05, 0) is 37.1 Å². The molecule has 2 aromatic carbocycles. The Kier molecular flexibility index (Phi) is 4.77. The molecule has 0 aliphatic carbocycles. The zero-order valence-electron chi connectivity index (χ0n) is 14.9. The van der Waals surface area contributed by atoms with Crippen LogP contribution in [0.4, 0.5) is 4.39 Å². The lowest BCUT2D eigenvalue weighted by atomic mass is 10.0. The number of hydrogen-bond donors (Lipinski definition) is 2. The molecule has 1 aliphatic rings. The van der Waals surface area contributed by atoms with E-state index in [2.05, 4.69) is 15.5 Å². The fourth-order valence-corrected chi connectivity index (χ4v) is 3.35. The molecule has 3 aromatic rings. The van der Waals surface area contributed by atoms with Crippen LogP contribution < -0.4 is 10.1 Å². The molecule has 2 N–H and O–H groups in total. The van der Waals surface area contributed by atoms with E-state index in [1.807, 2.05) is 0 Å². The van der Waals surface area contributed by atoms with E-state index in [1.54, 1.807) is 24.3 Å². The van der Waals surface area contributed by atoms with E-state index in [1.165, 1.54) is 19.2 Å². The SMILES string of the molecule is COc1cc(C(=O)NC[C@H]2CCCO2)cc2c(-c3cccc(F)c3)n[nH]c12. The largest absolute Gasteiger partial charge is 0.494 e. The Morgan fingerprint density at radius 2 is 2.30 bits per heavy atom. The Morgan fingerprint density at radius 1 is 1.41 bits per heavy atom. The second kappa shape index (κ2) is 7.36. The Morgan fingerprint density at radius 3 is 3.04 bits per heavy atom. The van der Waals surface area contributed by atoms with Crippen molar-refractivity contribution in [2.45, 2.75) is 18.9 Å². The topological polar surface area (TPSA) is 76.2 Å². The number of benzene rings is 2. The standard InChI is InChI=1S/C20H20FN3O3/c1-26-17-10-13(20(25)22-11-15-6-3-7-27-15)9-16-18(23-24-19(16)17)12-4-2-5-14(21)8-12/h2,4-5,8-10,15H,3,6-7,11H2,1H3,(H,22,25)(H,23,24)/t15-/m1/s1. The number of nitrogens with one attached hydrogen (secondary N) is 2. The van der Waals surface area contributed by atoms with Crippen molar-refractivity contribution in [3.63, 3.8) is 0 Å². The van der Waals surface area contributed by atoms with Crippen LogP contribution in [0.15, 0.2) is 36.4 Å². The summed E-state index contributed by atoms with van der Waals surface area (Å²) in [6.45, 7) is 1.22. The summed E-state index contributed by atoms with van der Waals surface area (Å²) in [5.74, 6) is -0.0527. The van der Waals surface area contributed by atoms with E-state index < -0.39 is 0 Å². The Bertz CT molecular complexity index is 980. The average molecular weight is 369 g/mol. The summed E-state index contributed by atoms with van der Waals surface area (Å²) in [7, 11) is 1.53. The normalized spacial score (nSPS) is 16.6. The monoisotopic (exact) mass is 369 g/mol. The van der Waals surface area contributed by atoms with E-state index in [-0.39, 0.29) is 17.8 Å². The molecule has 1 aliphatic heterocycles. The third-order valence-corrected chi connectivity index (χ3v) is 4.73. The van der Waals surface area contributed by atoms with Gasteiger partial charge in [0.2, 0.25) is 0 Å². The number of nitrogens with zero attached hydrogens (tertiary/aromatic N) is 1. The number of aromatic amines is 1.